The molecule has 0 amide bonds. The first-order valence-corrected chi connectivity index (χ1v) is 6.42. The van der Waals surface area contributed by atoms with Crippen LogP contribution in [0.4, 0.5) is 0 Å². The molecule has 0 saturated carbocycles. The van der Waals surface area contributed by atoms with Crippen molar-refractivity contribution < 1.29 is 14.3 Å². The third-order valence-corrected chi connectivity index (χ3v) is 3.08. The Bertz CT molecular complexity index is 357. The summed E-state index contributed by atoms with van der Waals surface area (Å²) in [5, 5.41) is 0.652. The molecule has 0 radical (unpaired) electrons. The van der Waals surface area contributed by atoms with Gasteiger partial charge in [-0.1, -0.05) is 23.7 Å². The van der Waals surface area contributed by atoms with E-state index in [1.54, 1.807) is 13.0 Å². The van der Waals surface area contributed by atoms with Crippen molar-refractivity contribution in [2.75, 3.05) is 13.2 Å². The number of benzene rings is 1. The molecule has 0 saturated heterocycles. The molecular formula is C11H12ClIO3. The second kappa shape index (κ2) is 7.09. The minimum Gasteiger partial charge on any atom is -0.464 e. The molecule has 0 spiro atoms. The van der Waals surface area contributed by atoms with Gasteiger partial charge in [0.1, 0.15) is 10.7 Å². The van der Waals surface area contributed by atoms with Crippen LogP contribution in [-0.4, -0.2) is 19.2 Å². The van der Waals surface area contributed by atoms with Gasteiger partial charge in [0.05, 0.1) is 6.61 Å². The molecule has 16 heavy (non-hydrogen) atoms. The highest BCUT2D eigenvalue weighted by atomic mass is 127. The van der Waals surface area contributed by atoms with Crippen molar-refractivity contribution in [3.63, 3.8) is 0 Å². The van der Waals surface area contributed by atoms with E-state index in [0.717, 1.165) is 5.56 Å². The zero-order valence-electron chi connectivity index (χ0n) is 8.78. The van der Waals surface area contributed by atoms with Crippen molar-refractivity contribution in [3.8, 4) is 0 Å². The SMILES string of the molecule is CCOC(=O)CO[C@H](I)c1cccc(Cl)c1. The molecule has 0 N–H and O–H groups in total. The number of alkyl halides is 1. The molecule has 88 valence electrons. The van der Waals surface area contributed by atoms with Crippen LogP contribution < -0.4 is 0 Å². The molecule has 0 heterocycles. The number of rotatable bonds is 5. The third kappa shape index (κ3) is 4.67. The maximum atomic E-state index is 11.1. The average Bonchev–Trinajstić information content (AvgIpc) is 2.26. The molecular weight excluding hydrogens is 342 g/mol. The Labute approximate surface area is 113 Å². The van der Waals surface area contributed by atoms with Crippen LogP contribution >= 0.6 is 34.2 Å². The lowest BCUT2D eigenvalue weighted by Gasteiger charge is -2.11. The quantitative estimate of drug-likeness (QED) is 0.462. The molecule has 1 aromatic carbocycles. The maximum absolute atomic E-state index is 11.1. The van der Waals surface area contributed by atoms with E-state index in [0.29, 0.717) is 11.6 Å². The minimum atomic E-state index is -0.355. The Balaban J connectivity index is 2.46. The Hall–Kier alpha value is -0.330. The van der Waals surface area contributed by atoms with Gasteiger partial charge in [-0.2, -0.15) is 0 Å². The van der Waals surface area contributed by atoms with Crippen LogP contribution in [0.2, 0.25) is 5.02 Å². The van der Waals surface area contributed by atoms with Gasteiger partial charge in [-0.15, -0.1) is 0 Å². The van der Waals surface area contributed by atoms with E-state index in [1.165, 1.54) is 0 Å². The van der Waals surface area contributed by atoms with Crippen LogP contribution in [0.5, 0.6) is 0 Å². The molecule has 1 aromatic rings. The summed E-state index contributed by atoms with van der Waals surface area (Å²) in [5.74, 6) is -0.355. The molecule has 0 aliphatic rings. The first-order chi connectivity index (χ1) is 7.63. The van der Waals surface area contributed by atoms with Crippen LogP contribution in [-0.2, 0) is 14.3 Å². The summed E-state index contributed by atoms with van der Waals surface area (Å²) in [6, 6.07) is 7.34. The summed E-state index contributed by atoms with van der Waals surface area (Å²) in [6.45, 7) is 2.08. The van der Waals surface area contributed by atoms with Crippen LogP contribution in [0.3, 0.4) is 0 Å². The molecule has 0 bridgehead atoms. The van der Waals surface area contributed by atoms with E-state index in [9.17, 15) is 4.79 Å². The highest BCUT2D eigenvalue weighted by molar-refractivity contribution is 14.1. The van der Waals surface area contributed by atoms with Gasteiger partial charge in [-0.3, -0.25) is 0 Å². The molecule has 3 nitrogen and oxygen atoms in total. The van der Waals surface area contributed by atoms with Crippen molar-refractivity contribution in [2.45, 2.75) is 11.0 Å². The largest absolute Gasteiger partial charge is 0.464 e. The van der Waals surface area contributed by atoms with Crippen molar-refractivity contribution >= 4 is 40.2 Å². The highest BCUT2D eigenvalue weighted by Crippen LogP contribution is 2.26. The fourth-order valence-electron chi connectivity index (χ4n) is 1.09. The van der Waals surface area contributed by atoms with Gasteiger partial charge in [0.15, 0.2) is 0 Å². The van der Waals surface area contributed by atoms with Crippen molar-refractivity contribution in [2.24, 2.45) is 0 Å². The molecule has 1 rings (SSSR count). The van der Waals surface area contributed by atoms with Gasteiger partial charge in [-0.25, -0.2) is 4.79 Å². The van der Waals surface area contributed by atoms with Gasteiger partial charge in [0.25, 0.3) is 0 Å². The molecule has 0 fully saturated rings. The average molecular weight is 355 g/mol. The second-order valence-electron chi connectivity index (χ2n) is 2.99. The first kappa shape index (κ1) is 13.7. The summed E-state index contributed by atoms with van der Waals surface area (Å²) >= 11 is 7.95. The van der Waals surface area contributed by atoms with E-state index in [2.05, 4.69) is 22.6 Å². The van der Waals surface area contributed by atoms with Gasteiger partial charge < -0.3 is 9.47 Å². The van der Waals surface area contributed by atoms with Crippen molar-refractivity contribution in [1.29, 1.82) is 0 Å². The van der Waals surface area contributed by atoms with E-state index < -0.39 is 0 Å². The molecule has 0 aromatic heterocycles. The number of hydrogen-bond donors (Lipinski definition) is 0. The number of carbonyl (C=O) groups is 1. The van der Waals surface area contributed by atoms with Crippen LogP contribution in [0.25, 0.3) is 0 Å². The smallest absolute Gasteiger partial charge is 0.332 e. The van der Waals surface area contributed by atoms with E-state index in [4.69, 9.17) is 21.1 Å². The molecule has 1 atom stereocenters. The molecule has 0 aliphatic carbocycles. The van der Waals surface area contributed by atoms with Crippen LogP contribution in [0.15, 0.2) is 24.3 Å². The Kier molecular flexibility index (Phi) is 6.08. The van der Waals surface area contributed by atoms with E-state index >= 15 is 0 Å². The van der Waals surface area contributed by atoms with Gasteiger partial charge in [0, 0.05) is 5.02 Å². The van der Waals surface area contributed by atoms with Crippen molar-refractivity contribution in [3.05, 3.63) is 34.9 Å². The zero-order chi connectivity index (χ0) is 12.0. The first-order valence-electron chi connectivity index (χ1n) is 4.80. The third-order valence-electron chi connectivity index (χ3n) is 1.76. The van der Waals surface area contributed by atoms with Crippen LogP contribution in [0, 0.1) is 0 Å². The topological polar surface area (TPSA) is 35.5 Å². The normalized spacial score (nSPS) is 12.2. The predicted octanol–water partition coefficient (Wildman–Crippen LogP) is 3.35. The zero-order valence-corrected chi connectivity index (χ0v) is 11.7. The lowest BCUT2D eigenvalue weighted by molar-refractivity contribution is -0.148. The fourth-order valence-corrected chi connectivity index (χ4v) is 1.85. The lowest BCUT2D eigenvalue weighted by Crippen LogP contribution is -2.13. The maximum Gasteiger partial charge on any atom is 0.332 e. The standard InChI is InChI=1S/C11H12ClIO3/c1-2-15-10(14)7-16-11(13)8-4-3-5-9(12)6-8/h3-6,11H,2,7H2,1H3/t11-/m0/s1. The fraction of sp³-hybridized carbons (Fsp3) is 0.364. The Morgan fingerprint density at radius 1 is 1.56 bits per heavy atom. The summed E-state index contributed by atoms with van der Waals surface area (Å²) in [4.78, 5) is 11.1. The van der Waals surface area contributed by atoms with Gasteiger partial charge >= 0.3 is 5.97 Å². The van der Waals surface area contributed by atoms with Crippen molar-refractivity contribution in [1.82, 2.24) is 0 Å². The lowest BCUT2D eigenvalue weighted by atomic mass is 10.2. The summed E-state index contributed by atoms with van der Waals surface area (Å²) in [7, 11) is 0. The summed E-state index contributed by atoms with van der Waals surface area (Å²) < 4.78 is 9.90. The van der Waals surface area contributed by atoms with Crippen LogP contribution in [0.1, 0.15) is 16.6 Å². The van der Waals surface area contributed by atoms with E-state index in [-0.39, 0.29) is 16.7 Å². The molecule has 0 unspecified atom stereocenters. The summed E-state index contributed by atoms with van der Waals surface area (Å²) in [5.41, 5.74) is 0.928. The second-order valence-corrected chi connectivity index (χ2v) is 4.55. The van der Waals surface area contributed by atoms with Gasteiger partial charge in [-0.05, 0) is 47.2 Å². The van der Waals surface area contributed by atoms with E-state index in [1.807, 2.05) is 18.2 Å². The molecule has 0 aliphatic heterocycles. The number of esters is 1. The predicted molar refractivity (Wildman–Crippen MR) is 70.8 cm³/mol. The number of hydrogen-bond acceptors (Lipinski definition) is 3. The number of halogens is 2. The van der Waals surface area contributed by atoms with Gasteiger partial charge in [0.2, 0.25) is 0 Å². The monoisotopic (exact) mass is 354 g/mol. The minimum absolute atomic E-state index is 0.0477. The highest BCUT2D eigenvalue weighted by Gasteiger charge is 2.10. The molecule has 5 heteroatoms. The summed E-state index contributed by atoms with van der Waals surface area (Å²) in [6.07, 6.45) is 0. The Morgan fingerprint density at radius 2 is 2.31 bits per heavy atom. The number of ether oxygens (including phenoxy) is 2. The number of carbonyl (C=O) groups excluding carboxylic acids is 1. The Morgan fingerprint density at radius 3 is 2.94 bits per heavy atom.